The Kier molecular flexibility index (Phi) is 8.47. The first-order chi connectivity index (χ1) is 18.5. The maximum absolute atomic E-state index is 12.3. The van der Waals surface area contributed by atoms with Crippen LogP contribution in [0.1, 0.15) is 29.5 Å². The molecule has 38 heavy (non-hydrogen) atoms. The molecule has 0 fully saturated rings. The number of para-hydroxylation sites is 1. The average Bonchev–Trinajstić information content (AvgIpc) is 3.22. The summed E-state index contributed by atoms with van der Waals surface area (Å²) in [6.45, 7) is 3.37. The molecule has 5 rings (SSSR count). The number of hydrogen-bond donors (Lipinski definition) is 1. The highest BCUT2D eigenvalue weighted by molar-refractivity contribution is 7.99. The molecule has 0 radical (unpaired) electrons. The zero-order valence-corrected chi connectivity index (χ0v) is 23.3. The summed E-state index contributed by atoms with van der Waals surface area (Å²) in [4.78, 5) is 17.2. The summed E-state index contributed by atoms with van der Waals surface area (Å²) in [5.74, 6) is 0.741. The highest BCUT2D eigenvalue weighted by Gasteiger charge is 2.16. The number of aromatic nitrogens is 4. The van der Waals surface area contributed by atoms with Crippen LogP contribution in [-0.4, -0.2) is 38.0 Å². The molecule has 194 valence electrons. The number of nitrogens with one attached hydrogen (secondary N) is 1. The number of carbonyl (C=O) groups excluding carboxylic acids is 1. The number of hydrogen-bond acceptors (Lipinski definition) is 5. The number of rotatable bonds is 10. The summed E-state index contributed by atoms with van der Waals surface area (Å²) in [6, 6.07) is 22.0. The summed E-state index contributed by atoms with van der Waals surface area (Å²) in [7, 11) is 0. The molecule has 0 aliphatic carbocycles. The average molecular weight is 565 g/mol. The maximum Gasteiger partial charge on any atom is 0.220 e. The van der Waals surface area contributed by atoms with E-state index in [9.17, 15) is 4.79 Å². The van der Waals surface area contributed by atoms with Crippen LogP contribution in [0.5, 0.6) is 0 Å². The summed E-state index contributed by atoms with van der Waals surface area (Å²) in [5, 5.41) is 14.8. The maximum atomic E-state index is 12.3. The first-order valence-electron chi connectivity index (χ1n) is 12.5. The molecular weight excluding hydrogens is 537 g/mol. The van der Waals surface area contributed by atoms with E-state index in [0.29, 0.717) is 47.6 Å². The van der Waals surface area contributed by atoms with Gasteiger partial charge in [-0.2, -0.15) is 0 Å². The van der Waals surface area contributed by atoms with Crippen LogP contribution in [0.3, 0.4) is 0 Å². The largest absolute Gasteiger partial charge is 0.356 e. The lowest BCUT2D eigenvalue weighted by Gasteiger charge is -2.10. The van der Waals surface area contributed by atoms with Gasteiger partial charge in [0.2, 0.25) is 11.1 Å². The van der Waals surface area contributed by atoms with E-state index in [1.54, 1.807) is 12.1 Å². The molecule has 2 heterocycles. The Bertz CT molecular complexity index is 1600. The molecule has 3 aromatic carbocycles. The van der Waals surface area contributed by atoms with Gasteiger partial charge in [0, 0.05) is 40.7 Å². The van der Waals surface area contributed by atoms with Crippen LogP contribution in [0.25, 0.3) is 22.1 Å². The second-order valence-corrected chi connectivity index (χ2v) is 11.0. The Hall–Kier alpha value is -3.13. The van der Waals surface area contributed by atoms with Gasteiger partial charge in [0.15, 0.2) is 5.65 Å². The topological polar surface area (TPSA) is 72.7 Å². The minimum Gasteiger partial charge on any atom is -0.356 e. The number of halogens is 2. The van der Waals surface area contributed by atoms with Gasteiger partial charge in [-0.1, -0.05) is 83.5 Å². The van der Waals surface area contributed by atoms with Gasteiger partial charge in [0.25, 0.3) is 0 Å². The summed E-state index contributed by atoms with van der Waals surface area (Å²) in [5.41, 5.74) is 6.17. The van der Waals surface area contributed by atoms with Crippen molar-refractivity contribution in [1.82, 2.24) is 25.1 Å². The lowest BCUT2D eigenvalue weighted by molar-refractivity contribution is -0.121. The first-order valence-corrected chi connectivity index (χ1v) is 14.2. The zero-order valence-electron chi connectivity index (χ0n) is 21.0. The van der Waals surface area contributed by atoms with Crippen molar-refractivity contribution in [3.8, 4) is 0 Å². The SMILES string of the molecule is Cc1ccccc1Cn1c2ccccc2c2nnc(SCCCC(=O)NCCc3ccc(Cl)cc3Cl)nc21. The van der Waals surface area contributed by atoms with Crippen molar-refractivity contribution < 1.29 is 4.79 Å². The molecule has 2 aromatic heterocycles. The smallest absolute Gasteiger partial charge is 0.220 e. The zero-order chi connectivity index (χ0) is 26.5. The van der Waals surface area contributed by atoms with Gasteiger partial charge in [-0.05, 0) is 54.7 Å². The van der Waals surface area contributed by atoms with Gasteiger partial charge in [0.05, 0.1) is 5.52 Å². The summed E-state index contributed by atoms with van der Waals surface area (Å²) < 4.78 is 2.21. The third kappa shape index (κ3) is 6.12. The normalized spacial score (nSPS) is 11.3. The molecule has 0 atom stereocenters. The number of benzene rings is 3. The number of fused-ring (bicyclic) bond motifs is 3. The Morgan fingerprint density at radius 3 is 2.66 bits per heavy atom. The van der Waals surface area contributed by atoms with Crippen molar-refractivity contribution in [2.24, 2.45) is 0 Å². The highest BCUT2D eigenvalue weighted by Crippen LogP contribution is 2.28. The van der Waals surface area contributed by atoms with E-state index in [-0.39, 0.29) is 5.91 Å². The van der Waals surface area contributed by atoms with Crippen molar-refractivity contribution in [3.05, 3.63) is 93.5 Å². The summed E-state index contributed by atoms with van der Waals surface area (Å²) >= 11 is 13.7. The van der Waals surface area contributed by atoms with Gasteiger partial charge < -0.3 is 9.88 Å². The second kappa shape index (κ2) is 12.2. The van der Waals surface area contributed by atoms with E-state index in [2.05, 4.69) is 63.4 Å². The number of amides is 1. The molecule has 0 aliphatic heterocycles. The minimum absolute atomic E-state index is 0.0172. The van der Waals surface area contributed by atoms with Gasteiger partial charge in [-0.15, -0.1) is 10.2 Å². The molecule has 5 aromatic rings. The quantitative estimate of drug-likeness (QED) is 0.148. The van der Waals surface area contributed by atoms with Gasteiger partial charge in [-0.25, -0.2) is 4.98 Å². The molecule has 0 saturated heterocycles. The van der Waals surface area contributed by atoms with Crippen molar-refractivity contribution in [3.63, 3.8) is 0 Å². The lowest BCUT2D eigenvalue weighted by Crippen LogP contribution is -2.25. The van der Waals surface area contributed by atoms with Crippen LogP contribution in [0.2, 0.25) is 10.0 Å². The van der Waals surface area contributed by atoms with Gasteiger partial charge >= 0.3 is 0 Å². The van der Waals surface area contributed by atoms with Gasteiger partial charge in [-0.3, -0.25) is 4.79 Å². The fraction of sp³-hybridized carbons (Fsp3) is 0.241. The van der Waals surface area contributed by atoms with Crippen molar-refractivity contribution in [2.75, 3.05) is 12.3 Å². The fourth-order valence-corrected chi connectivity index (χ4v) is 5.64. The van der Waals surface area contributed by atoms with Crippen molar-refractivity contribution >= 4 is 62.9 Å². The predicted octanol–water partition coefficient (Wildman–Crippen LogP) is 6.87. The number of aryl methyl sites for hydroxylation is 1. The van der Waals surface area contributed by atoms with Crippen LogP contribution < -0.4 is 5.32 Å². The minimum atomic E-state index is 0.0172. The van der Waals surface area contributed by atoms with Crippen molar-refractivity contribution in [1.29, 1.82) is 0 Å². The predicted molar refractivity (Wildman–Crippen MR) is 156 cm³/mol. The third-order valence-corrected chi connectivity index (χ3v) is 7.97. The second-order valence-electron chi connectivity index (χ2n) is 9.08. The molecule has 0 aliphatic rings. The van der Waals surface area contributed by atoms with E-state index < -0.39 is 0 Å². The monoisotopic (exact) mass is 563 g/mol. The van der Waals surface area contributed by atoms with E-state index in [1.807, 2.05) is 18.2 Å². The fourth-order valence-electron chi connectivity index (χ4n) is 4.41. The molecule has 1 amide bonds. The van der Waals surface area contributed by atoms with Crippen molar-refractivity contribution in [2.45, 2.75) is 37.9 Å². The van der Waals surface area contributed by atoms with Gasteiger partial charge in [0.1, 0.15) is 5.52 Å². The van der Waals surface area contributed by atoms with Crippen LogP contribution in [0.4, 0.5) is 0 Å². The van der Waals surface area contributed by atoms with E-state index >= 15 is 0 Å². The van der Waals surface area contributed by atoms with E-state index in [4.69, 9.17) is 28.2 Å². The third-order valence-electron chi connectivity index (χ3n) is 6.46. The van der Waals surface area contributed by atoms with E-state index in [0.717, 1.165) is 33.4 Å². The van der Waals surface area contributed by atoms with Crippen LogP contribution in [0, 0.1) is 6.92 Å². The lowest BCUT2D eigenvalue weighted by atomic mass is 10.1. The first kappa shape index (κ1) is 26.5. The standard InChI is InChI=1S/C29H27Cl2N5OS/c1-19-7-2-3-8-21(19)18-36-25-10-5-4-9-23(25)27-28(36)33-29(35-34-27)38-16-6-11-26(37)32-15-14-20-12-13-22(30)17-24(20)31/h2-5,7-10,12-13,17H,6,11,14-16,18H2,1H3,(H,32,37). The molecule has 0 spiro atoms. The van der Waals surface area contributed by atoms with E-state index in [1.165, 1.54) is 22.9 Å². The van der Waals surface area contributed by atoms with Crippen LogP contribution >= 0.6 is 35.0 Å². The Morgan fingerprint density at radius 1 is 1.00 bits per heavy atom. The molecule has 6 nitrogen and oxygen atoms in total. The molecule has 0 unspecified atom stereocenters. The number of nitrogens with zero attached hydrogens (tertiary/aromatic N) is 4. The Balaban J connectivity index is 1.20. The molecule has 0 saturated carbocycles. The molecule has 0 bridgehead atoms. The molecular formula is C29H27Cl2N5OS. The van der Waals surface area contributed by atoms with Crippen LogP contribution in [-0.2, 0) is 17.8 Å². The molecule has 1 N–H and O–H groups in total. The number of carbonyl (C=O) groups is 1. The number of thioether (sulfide) groups is 1. The molecule has 9 heteroatoms. The Labute approximate surface area is 235 Å². The summed E-state index contributed by atoms with van der Waals surface area (Å²) in [6.07, 6.45) is 1.81. The highest BCUT2D eigenvalue weighted by atomic mass is 35.5. The van der Waals surface area contributed by atoms with Crippen LogP contribution in [0.15, 0.2) is 71.9 Å². The Morgan fingerprint density at radius 2 is 1.82 bits per heavy atom.